The monoisotopic (exact) mass is 369 g/mol. The number of amides is 1. The summed E-state index contributed by atoms with van der Waals surface area (Å²) in [5.74, 6) is -1.84. The number of hydrogen-bond donors (Lipinski definition) is 3. The number of anilines is 1. The number of nitro benzene ring substituents is 1. The zero-order chi connectivity index (χ0) is 19.4. The Bertz CT molecular complexity index is 865. The Morgan fingerprint density at radius 1 is 1.19 bits per heavy atom. The van der Waals surface area contributed by atoms with Gasteiger partial charge in [-0.25, -0.2) is 4.79 Å². The summed E-state index contributed by atoms with van der Waals surface area (Å²) in [5.41, 5.74) is 0.963. The molecule has 1 aliphatic rings. The van der Waals surface area contributed by atoms with Gasteiger partial charge in [0.25, 0.3) is 11.6 Å². The molecule has 8 heteroatoms. The van der Waals surface area contributed by atoms with E-state index in [1.54, 1.807) is 24.3 Å². The van der Waals surface area contributed by atoms with E-state index >= 15 is 0 Å². The molecular weight excluding hydrogens is 350 g/mol. The van der Waals surface area contributed by atoms with Crippen molar-refractivity contribution in [2.75, 3.05) is 5.32 Å². The van der Waals surface area contributed by atoms with Crippen LogP contribution in [0.2, 0.25) is 0 Å². The van der Waals surface area contributed by atoms with Crippen molar-refractivity contribution in [1.29, 1.82) is 0 Å². The van der Waals surface area contributed by atoms with Crippen molar-refractivity contribution in [3.63, 3.8) is 0 Å². The van der Waals surface area contributed by atoms with Gasteiger partial charge in [-0.3, -0.25) is 14.9 Å². The first kappa shape index (κ1) is 18.4. The third kappa shape index (κ3) is 4.81. The highest BCUT2D eigenvalue weighted by atomic mass is 16.6. The van der Waals surface area contributed by atoms with Crippen molar-refractivity contribution < 1.29 is 19.6 Å². The van der Waals surface area contributed by atoms with E-state index in [4.69, 9.17) is 0 Å². The van der Waals surface area contributed by atoms with Crippen LogP contribution in [0.25, 0.3) is 0 Å². The van der Waals surface area contributed by atoms with Gasteiger partial charge in [-0.2, -0.15) is 0 Å². The molecule has 0 radical (unpaired) electrons. The Morgan fingerprint density at radius 3 is 2.48 bits per heavy atom. The number of carbonyl (C=O) groups is 2. The predicted molar refractivity (Wildman–Crippen MR) is 98.8 cm³/mol. The Morgan fingerprint density at radius 2 is 1.89 bits per heavy atom. The number of benzene rings is 2. The van der Waals surface area contributed by atoms with Crippen LogP contribution in [-0.4, -0.2) is 34.0 Å². The number of aliphatic carboxylic acids is 1. The molecule has 2 aromatic rings. The predicted octanol–water partition coefficient (Wildman–Crippen LogP) is 2.59. The summed E-state index contributed by atoms with van der Waals surface area (Å²) in [6.45, 7) is 0. The second-order valence-electron chi connectivity index (χ2n) is 6.46. The van der Waals surface area contributed by atoms with E-state index in [2.05, 4.69) is 10.6 Å². The Hall–Kier alpha value is -3.42. The third-order valence-electron chi connectivity index (χ3n) is 4.28. The van der Waals surface area contributed by atoms with E-state index in [0.29, 0.717) is 5.69 Å². The van der Waals surface area contributed by atoms with Crippen molar-refractivity contribution in [2.24, 2.45) is 0 Å². The molecule has 0 heterocycles. The number of nitrogens with one attached hydrogen (secondary N) is 2. The zero-order valence-corrected chi connectivity index (χ0v) is 14.4. The fourth-order valence-electron chi connectivity index (χ4n) is 2.69. The Kier molecular flexibility index (Phi) is 5.35. The van der Waals surface area contributed by atoms with Gasteiger partial charge in [-0.1, -0.05) is 30.3 Å². The number of hydrogen-bond acceptors (Lipinski definition) is 5. The lowest BCUT2D eigenvalue weighted by molar-refractivity contribution is -0.384. The van der Waals surface area contributed by atoms with Crippen molar-refractivity contribution in [2.45, 2.75) is 31.3 Å². The summed E-state index contributed by atoms with van der Waals surface area (Å²) in [7, 11) is 0. The molecule has 1 amide bonds. The van der Waals surface area contributed by atoms with Crippen molar-refractivity contribution in [3.8, 4) is 0 Å². The fraction of sp³-hybridized carbons (Fsp3) is 0.263. The molecule has 0 unspecified atom stereocenters. The van der Waals surface area contributed by atoms with Gasteiger partial charge < -0.3 is 15.7 Å². The number of carboxylic acids is 1. The average Bonchev–Trinajstić information content (AvgIpc) is 3.46. The molecule has 8 nitrogen and oxygen atoms in total. The SMILES string of the molecule is O=C(N[C@@H](Cc1ccccc1)C(=O)O)c1ccc(NC2CC2)c([N+](=O)[O-])c1. The van der Waals surface area contributed by atoms with Crippen molar-refractivity contribution in [1.82, 2.24) is 5.32 Å². The molecule has 2 aromatic carbocycles. The van der Waals surface area contributed by atoms with Crippen molar-refractivity contribution >= 4 is 23.3 Å². The minimum Gasteiger partial charge on any atom is -0.480 e. The van der Waals surface area contributed by atoms with Gasteiger partial charge in [0.1, 0.15) is 11.7 Å². The Balaban J connectivity index is 1.76. The molecule has 0 spiro atoms. The van der Waals surface area contributed by atoms with Crippen LogP contribution in [0, 0.1) is 10.1 Å². The minimum absolute atomic E-state index is 0.0439. The summed E-state index contributed by atoms with van der Waals surface area (Å²) in [5, 5.41) is 26.2. The molecule has 3 rings (SSSR count). The second-order valence-corrected chi connectivity index (χ2v) is 6.46. The normalized spacial score (nSPS) is 14.2. The highest BCUT2D eigenvalue weighted by Gasteiger charge is 2.26. The molecule has 1 saturated carbocycles. The van der Waals surface area contributed by atoms with Gasteiger partial charge in [0, 0.05) is 24.1 Å². The van der Waals surface area contributed by atoms with Crippen LogP contribution < -0.4 is 10.6 Å². The van der Waals surface area contributed by atoms with Gasteiger partial charge in [-0.15, -0.1) is 0 Å². The highest BCUT2D eigenvalue weighted by molar-refractivity contribution is 5.98. The number of carbonyl (C=O) groups excluding carboxylic acids is 1. The average molecular weight is 369 g/mol. The lowest BCUT2D eigenvalue weighted by atomic mass is 10.1. The van der Waals surface area contributed by atoms with E-state index in [9.17, 15) is 24.8 Å². The first-order valence-corrected chi connectivity index (χ1v) is 8.56. The molecular formula is C19H19N3O5. The molecule has 1 aliphatic carbocycles. The molecule has 0 saturated heterocycles. The van der Waals surface area contributed by atoms with Gasteiger partial charge in [-0.05, 0) is 30.5 Å². The van der Waals surface area contributed by atoms with E-state index < -0.39 is 22.8 Å². The van der Waals surface area contributed by atoms with Crippen LogP contribution in [0.1, 0.15) is 28.8 Å². The summed E-state index contributed by atoms with van der Waals surface area (Å²) >= 11 is 0. The summed E-state index contributed by atoms with van der Waals surface area (Å²) < 4.78 is 0. The van der Waals surface area contributed by atoms with Gasteiger partial charge in [0.15, 0.2) is 0 Å². The van der Waals surface area contributed by atoms with Gasteiger partial charge in [0.2, 0.25) is 0 Å². The van der Waals surface area contributed by atoms with Crippen LogP contribution in [0.15, 0.2) is 48.5 Å². The minimum atomic E-state index is -1.17. The van der Waals surface area contributed by atoms with E-state index in [-0.39, 0.29) is 23.7 Å². The summed E-state index contributed by atoms with van der Waals surface area (Å²) in [4.78, 5) is 34.7. The summed E-state index contributed by atoms with van der Waals surface area (Å²) in [6, 6.07) is 12.1. The maximum atomic E-state index is 12.5. The van der Waals surface area contributed by atoms with E-state index in [0.717, 1.165) is 18.4 Å². The van der Waals surface area contributed by atoms with Crippen LogP contribution in [-0.2, 0) is 11.2 Å². The first-order valence-electron chi connectivity index (χ1n) is 8.56. The zero-order valence-electron chi connectivity index (χ0n) is 14.4. The molecule has 3 N–H and O–H groups in total. The highest BCUT2D eigenvalue weighted by Crippen LogP contribution is 2.31. The van der Waals surface area contributed by atoms with Gasteiger partial charge in [0.05, 0.1) is 4.92 Å². The molecule has 1 fully saturated rings. The lowest BCUT2D eigenvalue weighted by Crippen LogP contribution is -2.42. The maximum Gasteiger partial charge on any atom is 0.326 e. The van der Waals surface area contributed by atoms with Crippen LogP contribution >= 0.6 is 0 Å². The molecule has 140 valence electrons. The smallest absolute Gasteiger partial charge is 0.326 e. The molecule has 0 aliphatic heterocycles. The van der Waals surface area contributed by atoms with E-state index in [1.165, 1.54) is 18.2 Å². The number of rotatable bonds is 8. The third-order valence-corrected chi connectivity index (χ3v) is 4.28. The number of nitrogens with zero attached hydrogens (tertiary/aromatic N) is 1. The fourth-order valence-corrected chi connectivity index (χ4v) is 2.69. The molecule has 27 heavy (non-hydrogen) atoms. The van der Waals surface area contributed by atoms with Crippen LogP contribution in [0.5, 0.6) is 0 Å². The van der Waals surface area contributed by atoms with Crippen LogP contribution in [0.4, 0.5) is 11.4 Å². The summed E-state index contributed by atoms with van der Waals surface area (Å²) in [6.07, 6.45) is 2.03. The van der Waals surface area contributed by atoms with Crippen molar-refractivity contribution in [3.05, 3.63) is 69.8 Å². The van der Waals surface area contributed by atoms with Gasteiger partial charge >= 0.3 is 5.97 Å². The largest absolute Gasteiger partial charge is 0.480 e. The Labute approximate surface area is 155 Å². The van der Waals surface area contributed by atoms with Crippen LogP contribution in [0.3, 0.4) is 0 Å². The first-order chi connectivity index (χ1) is 12.9. The quantitative estimate of drug-likeness (QED) is 0.486. The lowest BCUT2D eigenvalue weighted by Gasteiger charge is -2.15. The molecule has 0 aromatic heterocycles. The van der Waals surface area contributed by atoms with E-state index in [1.807, 2.05) is 6.07 Å². The molecule has 1 atom stereocenters. The maximum absolute atomic E-state index is 12.5. The number of nitro groups is 1. The topological polar surface area (TPSA) is 122 Å². The molecule has 0 bridgehead atoms. The standard InChI is InChI=1S/C19H19N3O5/c23-18(21-16(19(24)25)10-12-4-2-1-3-5-12)13-6-9-15(20-14-7-8-14)17(11-13)22(26)27/h1-6,9,11,14,16,20H,7-8,10H2,(H,21,23)(H,24,25)/t16-/m0/s1. The number of carboxylic acid groups (broad SMARTS) is 1. The second kappa shape index (κ2) is 7.86.